The number of carbonyl (C=O) groups is 1. The molecular weight excluding hydrogens is 382 g/mol. The van der Waals surface area contributed by atoms with Crippen LogP contribution in [0.1, 0.15) is 56.3 Å². The number of unbranched alkanes of at least 4 members (excludes halogenated alkanes) is 3. The van der Waals surface area contributed by atoms with Gasteiger partial charge in [0.25, 0.3) is 0 Å². The van der Waals surface area contributed by atoms with Crippen molar-refractivity contribution < 1.29 is 9.53 Å². The van der Waals surface area contributed by atoms with Gasteiger partial charge >= 0.3 is 0 Å². The minimum absolute atomic E-state index is 0.0212. The SMILES string of the molecule is CCCCCCC(C)(OC)C(=CC(=O)c1cccc2ccccc12)Nc1ccccc1. The number of hydrogen-bond donors (Lipinski definition) is 1. The first kappa shape index (κ1) is 22.8. The van der Waals surface area contributed by atoms with Crippen molar-refractivity contribution in [2.75, 3.05) is 12.4 Å². The number of rotatable bonds is 11. The van der Waals surface area contributed by atoms with Crippen molar-refractivity contribution in [2.24, 2.45) is 0 Å². The number of ether oxygens (including phenoxy) is 1. The zero-order chi connectivity index (χ0) is 22.1. The average Bonchev–Trinajstić information content (AvgIpc) is 2.81. The van der Waals surface area contributed by atoms with Crippen LogP contribution in [0.2, 0.25) is 0 Å². The lowest BCUT2D eigenvalue weighted by Gasteiger charge is -2.32. The van der Waals surface area contributed by atoms with Gasteiger partial charge in [-0.1, -0.05) is 93.3 Å². The van der Waals surface area contributed by atoms with E-state index in [2.05, 4.69) is 19.2 Å². The van der Waals surface area contributed by atoms with Crippen molar-refractivity contribution in [3.63, 3.8) is 0 Å². The molecule has 0 aliphatic rings. The van der Waals surface area contributed by atoms with Gasteiger partial charge in [-0.15, -0.1) is 0 Å². The number of allylic oxidation sites excluding steroid dienone is 1. The van der Waals surface area contributed by atoms with Gasteiger partial charge in [-0.3, -0.25) is 4.79 Å². The minimum atomic E-state index is -0.580. The van der Waals surface area contributed by atoms with Crippen molar-refractivity contribution >= 4 is 22.2 Å². The molecule has 0 aliphatic heterocycles. The first-order chi connectivity index (χ1) is 15.1. The van der Waals surface area contributed by atoms with Crippen LogP contribution in [-0.4, -0.2) is 18.5 Å². The molecule has 1 unspecified atom stereocenters. The first-order valence-electron chi connectivity index (χ1n) is 11.2. The fourth-order valence-corrected chi connectivity index (χ4v) is 3.88. The maximum Gasteiger partial charge on any atom is 0.188 e. The van der Waals surface area contributed by atoms with Crippen molar-refractivity contribution in [3.8, 4) is 0 Å². The molecule has 0 amide bonds. The molecule has 3 rings (SSSR count). The second-order valence-electron chi connectivity index (χ2n) is 8.19. The number of methoxy groups -OCH3 is 1. The fourth-order valence-electron chi connectivity index (χ4n) is 3.88. The third-order valence-electron chi connectivity index (χ3n) is 5.91. The summed E-state index contributed by atoms with van der Waals surface area (Å²) in [5.41, 5.74) is 1.85. The molecule has 0 radical (unpaired) electrons. The van der Waals surface area contributed by atoms with E-state index in [4.69, 9.17) is 4.74 Å². The zero-order valence-electron chi connectivity index (χ0n) is 18.9. The van der Waals surface area contributed by atoms with E-state index in [0.717, 1.165) is 41.4 Å². The van der Waals surface area contributed by atoms with Gasteiger partial charge in [0, 0.05) is 24.4 Å². The highest BCUT2D eigenvalue weighted by Gasteiger charge is 2.29. The highest BCUT2D eigenvalue weighted by molar-refractivity contribution is 6.13. The number of para-hydroxylation sites is 1. The molecule has 162 valence electrons. The summed E-state index contributed by atoms with van der Waals surface area (Å²) in [6.07, 6.45) is 7.17. The molecule has 1 atom stereocenters. The Kier molecular flexibility index (Phi) is 8.02. The lowest BCUT2D eigenvalue weighted by molar-refractivity contribution is 0.0295. The van der Waals surface area contributed by atoms with E-state index >= 15 is 0 Å². The quantitative estimate of drug-likeness (QED) is 0.201. The number of fused-ring (bicyclic) bond motifs is 1. The molecule has 3 aromatic rings. The number of carbonyl (C=O) groups excluding carboxylic acids is 1. The summed E-state index contributed by atoms with van der Waals surface area (Å²) >= 11 is 0. The molecule has 0 bridgehead atoms. The van der Waals surface area contributed by atoms with Crippen LogP contribution in [-0.2, 0) is 4.74 Å². The first-order valence-corrected chi connectivity index (χ1v) is 11.2. The Labute approximate surface area is 186 Å². The largest absolute Gasteiger partial charge is 0.372 e. The van der Waals surface area contributed by atoms with Crippen molar-refractivity contribution in [1.29, 1.82) is 0 Å². The minimum Gasteiger partial charge on any atom is -0.372 e. The van der Waals surface area contributed by atoms with Crippen LogP contribution in [0, 0.1) is 0 Å². The predicted molar refractivity (Wildman–Crippen MR) is 131 cm³/mol. The Bertz CT molecular complexity index is 1020. The lowest BCUT2D eigenvalue weighted by Crippen LogP contribution is -2.34. The molecule has 0 fully saturated rings. The van der Waals surface area contributed by atoms with E-state index in [1.54, 1.807) is 13.2 Å². The Balaban J connectivity index is 1.97. The van der Waals surface area contributed by atoms with Crippen LogP contribution in [0.5, 0.6) is 0 Å². The monoisotopic (exact) mass is 415 g/mol. The van der Waals surface area contributed by atoms with Gasteiger partial charge in [0.15, 0.2) is 5.78 Å². The molecule has 0 spiro atoms. The molecule has 3 aromatic carbocycles. The molecule has 31 heavy (non-hydrogen) atoms. The Morgan fingerprint density at radius 1 is 0.935 bits per heavy atom. The van der Waals surface area contributed by atoms with Crippen LogP contribution < -0.4 is 5.32 Å². The number of hydrogen-bond acceptors (Lipinski definition) is 3. The van der Waals surface area contributed by atoms with Crippen LogP contribution in [0.3, 0.4) is 0 Å². The Morgan fingerprint density at radius 2 is 1.65 bits per heavy atom. The number of nitrogens with one attached hydrogen (secondary N) is 1. The van der Waals surface area contributed by atoms with Gasteiger partial charge in [-0.25, -0.2) is 0 Å². The lowest BCUT2D eigenvalue weighted by atomic mass is 9.91. The van der Waals surface area contributed by atoms with E-state index < -0.39 is 5.60 Å². The molecule has 3 nitrogen and oxygen atoms in total. The van der Waals surface area contributed by atoms with Gasteiger partial charge in [0.2, 0.25) is 0 Å². The number of anilines is 1. The van der Waals surface area contributed by atoms with E-state index in [9.17, 15) is 4.79 Å². The third kappa shape index (κ3) is 5.83. The van der Waals surface area contributed by atoms with Crippen LogP contribution in [0.4, 0.5) is 5.69 Å². The molecule has 0 heterocycles. The van der Waals surface area contributed by atoms with Crippen LogP contribution in [0.25, 0.3) is 10.8 Å². The van der Waals surface area contributed by atoms with Crippen molar-refractivity contribution in [2.45, 2.75) is 51.6 Å². The molecule has 0 saturated heterocycles. The summed E-state index contributed by atoms with van der Waals surface area (Å²) in [6.45, 7) is 4.28. The normalized spacial score (nSPS) is 13.7. The fraction of sp³-hybridized carbons (Fsp3) is 0.321. The smallest absolute Gasteiger partial charge is 0.188 e. The second-order valence-corrected chi connectivity index (χ2v) is 8.19. The molecule has 0 aliphatic carbocycles. The standard InChI is InChI=1S/C28H33NO2/c1-4-5-6-12-20-28(2,31-3)27(29-23-16-8-7-9-17-23)21-26(30)25-19-13-15-22-14-10-11-18-24(22)25/h7-11,13-19,21,29H,4-6,12,20H2,1-3H3. The van der Waals surface area contributed by atoms with E-state index in [1.165, 1.54) is 12.8 Å². The van der Waals surface area contributed by atoms with E-state index in [0.29, 0.717) is 5.56 Å². The van der Waals surface area contributed by atoms with Crippen LogP contribution in [0.15, 0.2) is 84.6 Å². The van der Waals surface area contributed by atoms with Gasteiger partial charge in [-0.2, -0.15) is 0 Å². The summed E-state index contributed by atoms with van der Waals surface area (Å²) in [7, 11) is 1.72. The number of ketones is 1. The van der Waals surface area contributed by atoms with Crippen molar-refractivity contribution in [3.05, 3.63) is 90.1 Å². The molecule has 0 saturated carbocycles. The predicted octanol–water partition coefficient (Wildman–Crippen LogP) is 7.39. The highest BCUT2D eigenvalue weighted by Crippen LogP contribution is 2.30. The zero-order valence-corrected chi connectivity index (χ0v) is 18.9. The summed E-state index contributed by atoms with van der Waals surface area (Å²) < 4.78 is 5.99. The Hall–Kier alpha value is -2.91. The maximum absolute atomic E-state index is 13.4. The summed E-state index contributed by atoms with van der Waals surface area (Å²) in [5, 5.41) is 5.50. The summed E-state index contributed by atoms with van der Waals surface area (Å²) in [6, 6.07) is 23.8. The molecule has 3 heteroatoms. The van der Waals surface area contributed by atoms with Crippen molar-refractivity contribution in [1.82, 2.24) is 0 Å². The molecule has 0 aromatic heterocycles. The van der Waals surface area contributed by atoms with Gasteiger partial charge < -0.3 is 10.1 Å². The topological polar surface area (TPSA) is 38.3 Å². The van der Waals surface area contributed by atoms with Gasteiger partial charge in [-0.05, 0) is 36.2 Å². The third-order valence-corrected chi connectivity index (χ3v) is 5.91. The van der Waals surface area contributed by atoms with E-state index in [-0.39, 0.29) is 5.78 Å². The average molecular weight is 416 g/mol. The van der Waals surface area contributed by atoms with E-state index in [1.807, 2.05) is 72.8 Å². The number of benzene rings is 3. The van der Waals surface area contributed by atoms with Gasteiger partial charge in [0.05, 0.1) is 5.70 Å². The summed E-state index contributed by atoms with van der Waals surface area (Å²) in [4.78, 5) is 13.4. The molecule has 1 N–H and O–H groups in total. The van der Waals surface area contributed by atoms with Gasteiger partial charge in [0.1, 0.15) is 5.60 Å². The maximum atomic E-state index is 13.4. The summed E-state index contributed by atoms with van der Waals surface area (Å²) in [5.74, 6) is -0.0212. The van der Waals surface area contributed by atoms with Crippen LogP contribution >= 0.6 is 0 Å². The highest BCUT2D eigenvalue weighted by atomic mass is 16.5. The molecular formula is C28H33NO2. The second kappa shape index (κ2) is 10.9. The Morgan fingerprint density at radius 3 is 2.39 bits per heavy atom.